The molecule has 1 aliphatic heterocycles. The predicted molar refractivity (Wildman–Crippen MR) is 114 cm³/mol. The van der Waals surface area contributed by atoms with Gasteiger partial charge in [-0.05, 0) is 62.5 Å². The Morgan fingerprint density at radius 3 is 2.66 bits per heavy atom. The number of aliphatic hydroxyl groups is 1. The van der Waals surface area contributed by atoms with Gasteiger partial charge in [0.15, 0.2) is 11.6 Å². The third kappa shape index (κ3) is 3.01. The van der Waals surface area contributed by atoms with Gasteiger partial charge in [0.1, 0.15) is 17.8 Å². The van der Waals surface area contributed by atoms with Crippen molar-refractivity contribution in [3.63, 3.8) is 0 Å². The monoisotopic (exact) mass is 475 g/mol. The zero-order valence-corrected chi connectivity index (χ0v) is 21.8. The quantitative estimate of drug-likeness (QED) is 0.318. The van der Waals surface area contributed by atoms with E-state index in [1.54, 1.807) is 12.2 Å². The molecule has 8 atom stereocenters. The molecule has 0 aromatic heterocycles. The van der Waals surface area contributed by atoms with E-state index in [0.717, 1.165) is 18.4 Å². The Bertz CT molecular complexity index is 988. The van der Waals surface area contributed by atoms with Gasteiger partial charge in [-0.3, -0.25) is 14.1 Å². The number of allylic oxidation sites excluding steroid dienone is 2. The first-order chi connectivity index (χ1) is 14.3. The molecule has 5 aliphatic rings. The van der Waals surface area contributed by atoms with Crippen LogP contribution in [0.15, 0.2) is 23.8 Å². The SMILES string of the molecule is C[C@H]1CC2C3CCC4=CC(=O)C=C[C@]4(C)[C@@]34O[C@H]4C[C@]2(C)[C@@]1(O)C(=O)COP(=O)(O)O.[Na]. The summed E-state index contributed by atoms with van der Waals surface area (Å²) in [6.45, 7) is 5.04. The second-order valence-corrected chi connectivity index (χ2v) is 11.7. The van der Waals surface area contributed by atoms with Crippen LogP contribution in [-0.2, 0) is 23.4 Å². The van der Waals surface area contributed by atoms with Crippen LogP contribution in [0.5, 0.6) is 0 Å². The smallest absolute Gasteiger partial charge is 0.381 e. The first kappa shape index (κ1) is 25.0. The largest absolute Gasteiger partial charge is 0.470 e. The molecule has 32 heavy (non-hydrogen) atoms. The van der Waals surface area contributed by atoms with Gasteiger partial charge in [-0.1, -0.05) is 25.5 Å². The minimum Gasteiger partial charge on any atom is -0.381 e. The van der Waals surface area contributed by atoms with Crippen molar-refractivity contribution in [1.82, 2.24) is 0 Å². The maximum atomic E-state index is 13.1. The second-order valence-electron chi connectivity index (χ2n) is 10.5. The molecular formula is C22H29NaO8P. The Morgan fingerprint density at radius 2 is 2.00 bits per heavy atom. The molecule has 0 amide bonds. The maximum Gasteiger partial charge on any atom is 0.470 e. The Hall–Kier alpha value is -0.150. The molecule has 1 saturated heterocycles. The number of carbonyl (C=O) groups is 2. The number of ketones is 2. The van der Waals surface area contributed by atoms with Crippen LogP contribution in [-0.4, -0.2) is 79.9 Å². The number of Topliss-reactive ketones (excluding diaryl/α,β-unsaturated/α-hetero) is 1. The maximum absolute atomic E-state index is 13.1. The van der Waals surface area contributed by atoms with Crippen LogP contribution in [0.3, 0.4) is 0 Å². The Balaban J connectivity index is 0.00000245. The second kappa shape index (κ2) is 7.42. The summed E-state index contributed by atoms with van der Waals surface area (Å²) in [4.78, 5) is 43.1. The summed E-state index contributed by atoms with van der Waals surface area (Å²) >= 11 is 0. The van der Waals surface area contributed by atoms with Gasteiger partial charge < -0.3 is 19.6 Å². The van der Waals surface area contributed by atoms with Crippen molar-refractivity contribution in [2.75, 3.05) is 6.61 Å². The average Bonchev–Trinajstić information content (AvgIpc) is 3.36. The number of phosphoric acid groups is 1. The molecule has 1 spiro atoms. The van der Waals surface area contributed by atoms with E-state index in [1.807, 2.05) is 19.9 Å². The molecule has 1 heterocycles. The van der Waals surface area contributed by atoms with E-state index >= 15 is 0 Å². The van der Waals surface area contributed by atoms with Gasteiger partial charge in [-0.15, -0.1) is 0 Å². The van der Waals surface area contributed by atoms with E-state index < -0.39 is 36.8 Å². The van der Waals surface area contributed by atoms with Crippen molar-refractivity contribution in [3.05, 3.63) is 23.8 Å². The fourth-order valence-electron chi connectivity index (χ4n) is 7.83. The molecule has 3 N–H and O–H groups in total. The summed E-state index contributed by atoms with van der Waals surface area (Å²) in [5.74, 6) is -0.942. The zero-order chi connectivity index (χ0) is 22.6. The van der Waals surface area contributed by atoms with Crippen molar-refractivity contribution in [1.29, 1.82) is 0 Å². The first-order valence-electron chi connectivity index (χ1n) is 10.9. The number of hydrogen-bond donors (Lipinski definition) is 3. The first-order valence-corrected chi connectivity index (χ1v) is 12.4. The number of phosphoric ester groups is 1. The van der Waals surface area contributed by atoms with Gasteiger partial charge in [0, 0.05) is 40.4 Å². The van der Waals surface area contributed by atoms with Crippen molar-refractivity contribution in [3.8, 4) is 0 Å². The van der Waals surface area contributed by atoms with Gasteiger partial charge in [0.25, 0.3) is 0 Å². The van der Waals surface area contributed by atoms with Gasteiger partial charge >= 0.3 is 7.82 Å². The Kier molecular flexibility index (Phi) is 5.79. The minimum absolute atomic E-state index is 0. The molecule has 0 aromatic rings. The molecular weight excluding hydrogens is 446 g/mol. The molecule has 2 unspecified atom stereocenters. The van der Waals surface area contributed by atoms with Crippen molar-refractivity contribution >= 4 is 48.9 Å². The molecule has 5 rings (SSSR count). The summed E-state index contributed by atoms with van der Waals surface area (Å²) in [5.41, 5.74) is -2.26. The predicted octanol–water partition coefficient (Wildman–Crippen LogP) is 1.70. The zero-order valence-electron chi connectivity index (χ0n) is 18.9. The van der Waals surface area contributed by atoms with Crippen LogP contribution in [0.4, 0.5) is 0 Å². The summed E-state index contributed by atoms with van der Waals surface area (Å²) in [6, 6.07) is 0. The van der Waals surface area contributed by atoms with Gasteiger partial charge in [0.2, 0.25) is 0 Å². The molecule has 0 bridgehead atoms. The normalized spacial score (nSPS) is 48.6. The summed E-state index contributed by atoms with van der Waals surface area (Å²) < 4.78 is 22.0. The molecule has 171 valence electrons. The van der Waals surface area contributed by atoms with E-state index in [1.165, 1.54) is 0 Å². The van der Waals surface area contributed by atoms with Crippen molar-refractivity contribution in [2.24, 2.45) is 28.6 Å². The Morgan fingerprint density at radius 1 is 1.31 bits per heavy atom. The molecule has 8 nitrogen and oxygen atoms in total. The standard InChI is InChI=1S/C22H29O8P.Na/c1-12-8-16-15-5-4-13-9-14(23)6-7-19(13,2)22(15)18(30-22)10-20(16,3)21(12,25)17(24)11-29-31(26,27)28;/h6-7,9,12,15-16,18,25H,4-5,8,10-11H2,1-3H3,(H2,26,27,28);/t12-,15?,16?,18-,19-,20-,21-,22+;/m0./s1. The average molecular weight is 475 g/mol. The van der Waals surface area contributed by atoms with Crippen LogP contribution < -0.4 is 0 Å². The number of ether oxygens (including phenoxy) is 1. The van der Waals surface area contributed by atoms with Crippen LogP contribution in [0.25, 0.3) is 0 Å². The molecule has 0 aromatic carbocycles. The van der Waals surface area contributed by atoms with E-state index in [2.05, 4.69) is 11.4 Å². The Labute approximate surface area is 209 Å². The fraction of sp³-hybridized carbons (Fsp3) is 0.727. The molecule has 1 radical (unpaired) electrons. The van der Waals surface area contributed by atoms with E-state index in [4.69, 9.17) is 14.5 Å². The van der Waals surface area contributed by atoms with Crippen LogP contribution in [0.1, 0.15) is 46.5 Å². The van der Waals surface area contributed by atoms with Gasteiger partial charge in [-0.25, -0.2) is 4.57 Å². The third-order valence-corrected chi connectivity index (χ3v) is 9.77. The van der Waals surface area contributed by atoms with Crippen LogP contribution >= 0.6 is 7.82 Å². The molecule has 3 saturated carbocycles. The van der Waals surface area contributed by atoms with Crippen LogP contribution in [0.2, 0.25) is 0 Å². The summed E-state index contributed by atoms with van der Waals surface area (Å²) in [6.07, 6.45) is 7.84. The number of hydrogen-bond acceptors (Lipinski definition) is 6. The number of rotatable bonds is 4. The number of fused-ring (bicyclic) bond motifs is 3. The summed E-state index contributed by atoms with van der Waals surface area (Å²) in [5, 5.41) is 11.7. The number of carbonyl (C=O) groups excluding carboxylic acids is 2. The van der Waals surface area contributed by atoms with Crippen LogP contribution in [0, 0.1) is 28.6 Å². The molecule has 10 heteroatoms. The van der Waals surface area contributed by atoms with E-state index in [9.17, 15) is 19.3 Å². The molecule has 4 fully saturated rings. The third-order valence-electron chi connectivity index (χ3n) is 9.30. The van der Waals surface area contributed by atoms with Gasteiger partial charge in [0.05, 0.1) is 6.10 Å². The fourth-order valence-corrected chi connectivity index (χ4v) is 8.12. The number of epoxide rings is 1. The molecule has 4 aliphatic carbocycles. The van der Waals surface area contributed by atoms with E-state index in [0.29, 0.717) is 12.8 Å². The topological polar surface area (TPSA) is 134 Å². The van der Waals surface area contributed by atoms with Crippen molar-refractivity contribution < 1.29 is 38.3 Å². The van der Waals surface area contributed by atoms with Gasteiger partial charge in [-0.2, -0.15) is 0 Å². The van der Waals surface area contributed by atoms with Crippen molar-refractivity contribution in [2.45, 2.75) is 63.8 Å². The van der Waals surface area contributed by atoms with E-state index in [-0.39, 0.29) is 64.6 Å². The minimum atomic E-state index is -4.82. The summed E-state index contributed by atoms with van der Waals surface area (Å²) in [7, 11) is -4.82.